The SMILES string of the molecule is CCCNC1CCN(Cc2cnn(C)c2)CC1C. The first-order chi connectivity index (χ1) is 8.69. The average Bonchev–Trinajstić information content (AvgIpc) is 2.74. The predicted molar refractivity (Wildman–Crippen MR) is 74.3 cm³/mol. The lowest BCUT2D eigenvalue weighted by atomic mass is 9.93. The molecular formula is C14H26N4. The van der Waals surface area contributed by atoms with E-state index in [9.17, 15) is 0 Å². The monoisotopic (exact) mass is 250 g/mol. The summed E-state index contributed by atoms with van der Waals surface area (Å²) in [5.74, 6) is 0.738. The van der Waals surface area contributed by atoms with Gasteiger partial charge in [-0.2, -0.15) is 5.10 Å². The van der Waals surface area contributed by atoms with Crippen LogP contribution in [0.15, 0.2) is 12.4 Å². The maximum absolute atomic E-state index is 4.23. The van der Waals surface area contributed by atoms with E-state index < -0.39 is 0 Å². The molecule has 1 aromatic heterocycles. The van der Waals surface area contributed by atoms with Crippen LogP contribution in [0.2, 0.25) is 0 Å². The maximum atomic E-state index is 4.23. The summed E-state index contributed by atoms with van der Waals surface area (Å²) in [4.78, 5) is 2.55. The summed E-state index contributed by atoms with van der Waals surface area (Å²) in [6.45, 7) is 9.17. The van der Waals surface area contributed by atoms with Gasteiger partial charge >= 0.3 is 0 Å². The number of aryl methyl sites for hydroxylation is 1. The number of likely N-dealkylation sites (tertiary alicyclic amines) is 1. The van der Waals surface area contributed by atoms with Crippen molar-refractivity contribution >= 4 is 0 Å². The molecule has 4 nitrogen and oxygen atoms in total. The van der Waals surface area contributed by atoms with Gasteiger partial charge in [0.2, 0.25) is 0 Å². The fraction of sp³-hybridized carbons (Fsp3) is 0.786. The molecular weight excluding hydrogens is 224 g/mol. The molecule has 1 saturated heterocycles. The third-order valence-electron chi connectivity index (χ3n) is 3.81. The molecule has 0 aliphatic carbocycles. The molecule has 0 amide bonds. The van der Waals surface area contributed by atoms with Crippen molar-refractivity contribution in [3.05, 3.63) is 18.0 Å². The van der Waals surface area contributed by atoms with Gasteiger partial charge in [-0.3, -0.25) is 9.58 Å². The topological polar surface area (TPSA) is 33.1 Å². The second-order valence-electron chi connectivity index (χ2n) is 5.58. The molecule has 2 atom stereocenters. The highest BCUT2D eigenvalue weighted by Gasteiger charge is 2.25. The number of hydrogen-bond donors (Lipinski definition) is 1. The summed E-state index contributed by atoms with van der Waals surface area (Å²) in [6, 6.07) is 0.704. The van der Waals surface area contributed by atoms with E-state index in [1.54, 1.807) is 0 Å². The fourth-order valence-corrected chi connectivity index (χ4v) is 2.82. The lowest BCUT2D eigenvalue weighted by molar-refractivity contribution is 0.141. The minimum atomic E-state index is 0.704. The van der Waals surface area contributed by atoms with Crippen LogP contribution in [0.5, 0.6) is 0 Å². The zero-order valence-corrected chi connectivity index (χ0v) is 11.9. The molecule has 0 spiro atoms. The Hall–Kier alpha value is -0.870. The minimum absolute atomic E-state index is 0.704. The predicted octanol–water partition coefficient (Wildman–Crippen LogP) is 1.63. The fourth-order valence-electron chi connectivity index (χ4n) is 2.82. The van der Waals surface area contributed by atoms with E-state index >= 15 is 0 Å². The molecule has 2 unspecified atom stereocenters. The van der Waals surface area contributed by atoms with Gasteiger partial charge in [-0.15, -0.1) is 0 Å². The van der Waals surface area contributed by atoms with Crippen molar-refractivity contribution in [3.8, 4) is 0 Å². The smallest absolute Gasteiger partial charge is 0.0534 e. The van der Waals surface area contributed by atoms with Gasteiger partial charge in [0, 0.05) is 37.9 Å². The van der Waals surface area contributed by atoms with Gasteiger partial charge in [-0.1, -0.05) is 13.8 Å². The Labute approximate surface area is 110 Å². The van der Waals surface area contributed by atoms with Crippen LogP contribution >= 0.6 is 0 Å². The van der Waals surface area contributed by atoms with E-state index in [1.807, 2.05) is 17.9 Å². The number of nitrogens with zero attached hydrogens (tertiary/aromatic N) is 3. The molecule has 1 aliphatic heterocycles. The van der Waals surface area contributed by atoms with E-state index in [1.165, 1.54) is 31.5 Å². The van der Waals surface area contributed by atoms with Crippen molar-refractivity contribution in [2.24, 2.45) is 13.0 Å². The summed E-state index contributed by atoms with van der Waals surface area (Å²) in [5.41, 5.74) is 1.32. The molecule has 1 aromatic rings. The van der Waals surface area contributed by atoms with Gasteiger partial charge in [0.1, 0.15) is 0 Å². The standard InChI is InChI=1S/C14H26N4/c1-4-6-15-14-5-7-18(9-12(14)2)11-13-8-16-17(3)10-13/h8,10,12,14-15H,4-7,9,11H2,1-3H3. The van der Waals surface area contributed by atoms with Crippen LogP contribution in [-0.4, -0.2) is 40.4 Å². The first kappa shape index (κ1) is 13.6. The third-order valence-corrected chi connectivity index (χ3v) is 3.81. The van der Waals surface area contributed by atoms with Crippen molar-refractivity contribution in [2.45, 2.75) is 39.3 Å². The normalized spacial score (nSPS) is 25.5. The van der Waals surface area contributed by atoms with Crippen LogP contribution in [0.25, 0.3) is 0 Å². The quantitative estimate of drug-likeness (QED) is 0.862. The molecule has 1 fully saturated rings. The molecule has 0 aromatic carbocycles. The third kappa shape index (κ3) is 3.56. The van der Waals surface area contributed by atoms with Gasteiger partial charge in [0.05, 0.1) is 6.20 Å². The Morgan fingerprint density at radius 1 is 1.50 bits per heavy atom. The molecule has 2 heterocycles. The largest absolute Gasteiger partial charge is 0.314 e. The first-order valence-corrected chi connectivity index (χ1v) is 7.12. The van der Waals surface area contributed by atoms with Crippen LogP contribution in [0, 0.1) is 5.92 Å². The van der Waals surface area contributed by atoms with E-state index in [0.717, 1.165) is 19.0 Å². The number of hydrogen-bond acceptors (Lipinski definition) is 3. The molecule has 2 rings (SSSR count). The Bertz CT molecular complexity index is 360. The zero-order valence-electron chi connectivity index (χ0n) is 11.9. The van der Waals surface area contributed by atoms with Gasteiger partial charge in [0.25, 0.3) is 0 Å². The second-order valence-corrected chi connectivity index (χ2v) is 5.58. The van der Waals surface area contributed by atoms with E-state index in [0.29, 0.717) is 6.04 Å². The summed E-state index contributed by atoms with van der Waals surface area (Å²) in [5, 5.41) is 7.90. The Morgan fingerprint density at radius 3 is 2.94 bits per heavy atom. The summed E-state index contributed by atoms with van der Waals surface area (Å²) >= 11 is 0. The molecule has 0 saturated carbocycles. The highest BCUT2D eigenvalue weighted by Crippen LogP contribution is 2.18. The highest BCUT2D eigenvalue weighted by atomic mass is 15.2. The molecule has 0 radical (unpaired) electrons. The van der Waals surface area contributed by atoms with Gasteiger partial charge < -0.3 is 5.32 Å². The Balaban J connectivity index is 1.80. The van der Waals surface area contributed by atoms with E-state index in [2.05, 4.69) is 35.4 Å². The molecule has 1 aliphatic rings. The second kappa shape index (κ2) is 6.34. The van der Waals surface area contributed by atoms with Crippen molar-refractivity contribution in [2.75, 3.05) is 19.6 Å². The highest BCUT2D eigenvalue weighted by molar-refractivity contribution is 5.03. The minimum Gasteiger partial charge on any atom is -0.314 e. The number of piperidine rings is 1. The number of aromatic nitrogens is 2. The summed E-state index contributed by atoms with van der Waals surface area (Å²) < 4.78 is 1.88. The number of rotatable bonds is 5. The van der Waals surface area contributed by atoms with Crippen LogP contribution in [0.4, 0.5) is 0 Å². The van der Waals surface area contributed by atoms with E-state index in [4.69, 9.17) is 0 Å². The van der Waals surface area contributed by atoms with Crippen molar-refractivity contribution in [1.29, 1.82) is 0 Å². The van der Waals surface area contributed by atoms with Crippen molar-refractivity contribution in [1.82, 2.24) is 20.0 Å². The summed E-state index contributed by atoms with van der Waals surface area (Å²) in [7, 11) is 1.98. The molecule has 4 heteroatoms. The molecule has 0 bridgehead atoms. The van der Waals surface area contributed by atoms with Crippen LogP contribution in [0.3, 0.4) is 0 Å². The van der Waals surface area contributed by atoms with Crippen molar-refractivity contribution in [3.63, 3.8) is 0 Å². The lowest BCUT2D eigenvalue weighted by Crippen LogP contribution is -2.48. The average molecular weight is 250 g/mol. The van der Waals surface area contributed by atoms with Crippen molar-refractivity contribution < 1.29 is 0 Å². The van der Waals surface area contributed by atoms with Crippen LogP contribution < -0.4 is 5.32 Å². The molecule has 1 N–H and O–H groups in total. The lowest BCUT2D eigenvalue weighted by Gasteiger charge is -2.37. The van der Waals surface area contributed by atoms with Crippen LogP contribution in [0.1, 0.15) is 32.3 Å². The Morgan fingerprint density at radius 2 is 2.33 bits per heavy atom. The molecule has 102 valence electrons. The summed E-state index contributed by atoms with van der Waals surface area (Å²) in [6.07, 6.45) is 6.59. The van der Waals surface area contributed by atoms with E-state index in [-0.39, 0.29) is 0 Å². The van der Waals surface area contributed by atoms with Gasteiger partial charge in [-0.05, 0) is 31.8 Å². The first-order valence-electron chi connectivity index (χ1n) is 7.12. The zero-order chi connectivity index (χ0) is 13.0. The number of nitrogens with one attached hydrogen (secondary N) is 1. The van der Waals surface area contributed by atoms with Gasteiger partial charge in [0.15, 0.2) is 0 Å². The van der Waals surface area contributed by atoms with Crippen LogP contribution in [-0.2, 0) is 13.6 Å². The Kier molecular flexibility index (Phi) is 4.78. The molecule has 18 heavy (non-hydrogen) atoms. The maximum Gasteiger partial charge on any atom is 0.0534 e. The van der Waals surface area contributed by atoms with Gasteiger partial charge in [-0.25, -0.2) is 0 Å².